The van der Waals surface area contributed by atoms with Crippen molar-refractivity contribution in [2.75, 3.05) is 32.7 Å². The van der Waals surface area contributed by atoms with Crippen molar-refractivity contribution in [3.05, 3.63) is 0 Å². The molecule has 76 valence electrons. The lowest BCUT2D eigenvalue weighted by molar-refractivity contribution is -0.144. The molecule has 2 rings (SSSR count). The normalized spacial score (nSPS) is 27.9. The van der Waals surface area contributed by atoms with Gasteiger partial charge in [0.1, 0.15) is 0 Å². The van der Waals surface area contributed by atoms with E-state index in [2.05, 4.69) is 5.32 Å². The second kappa shape index (κ2) is 2.85. The van der Waals surface area contributed by atoms with Crippen molar-refractivity contribution in [3.63, 3.8) is 0 Å². The fourth-order valence-corrected chi connectivity index (χ4v) is 2.18. The molecule has 13 heavy (non-hydrogen) atoms. The van der Waals surface area contributed by atoms with Crippen LogP contribution < -0.4 is 5.32 Å². The van der Waals surface area contributed by atoms with Crippen molar-refractivity contribution in [3.8, 4) is 0 Å². The first-order valence-electron chi connectivity index (χ1n) is 4.49. The van der Waals surface area contributed by atoms with Gasteiger partial charge in [-0.25, -0.2) is 0 Å². The molecule has 1 N–H and O–H groups in total. The molecule has 0 amide bonds. The van der Waals surface area contributed by atoms with Gasteiger partial charge >= 0.3 is 6.18 Å². The molecule has 0 aliphatic carbocycles. The maximum Gasteiger partial charge on any atom is 0.401 e. The van der Waals surface area contributed by atoms with Gasteiger partial charge in [0.2, 0.25) is 0 Å². The molecule has 0 bridgehead atoms. The average molecular weight is 194 g/mol. The molecule has 0 radical (unpaired) electrons. The molecule has 2 fully saturated rings. The smallest absolute Gasteiger partial charge is 0.315 e. The molecule has 0 atom stereocenters. The van der Waals surface area contributed by atoms with Crippen LogP contribution >= 0.6 is 0 Å². The zero-order valence-corrected chi connectivity index (χ0v) is 7.32. The molecule has 2 aliphatic rings. The van der Waals surface area contributed by atoms with Gasteiger partial charge in [0.25, 0.3) is 0 Å². The number of nitrogens with zero attached hydrogens (tertiary/aromatic N) is 1. The highest BCUT2D eigenvalue weighted by atomic mass is 19.4. The fraction of sp³-hybridized carbons (Fsp3) is 1.00. The molecule has 0 aromatic heterocycles. The predicted octanol–water partition coefficient (Wildman–Crippen LogP) is 0.844. The number of alkyl halides is 3. The summed E-state index contributed by atoms with van der Waals surface area (Å²) in [5, 5.41) is 3.12. The monoisotopic (exact) mass is 194 g/mol. The highest BCUT2D eigenvalue weighted by Gasteiger charge is 2.45. The molecule has 1 spiro atoms. The molecule has 2 nitrogen and oxygen atoms in total. The van der Waals surface area contributed by atoms with Crippen LogP contribution in [0.3, 0.4) is 0 Å². The highest BCUT2D eigenvalue weighted by molar-refractivity contribution is 4.99. The van der Waals surface area contributed by atoms with E-state index < -0.39 is 12.7 Å². The van der Waals surface area contributed by atoms with Crippen molar-refractivity contribution in [2.24, 2.45) is 5.41 Å². The molecule has 5 heteroatoms. The van der Waals surface area contributed by atoms with E-state index in [0.717, 1.165) is 19.5 Å². The summed E-state index contributed by atoms with van der Waals surface area (Å²) in [5.41, 5.74) is 0.172. The van der Waals surface area contributed by atoms with Gasteiger partial charge in [-0.2, -0.15) is 13.2 Å². The SMILES string of the molecule is FC(F)(F)CN1CCC2(CNC2)C1. The Kier molecular flexibility index (Phi) is 2.03. The van der Waals surface area contributed by atoms with Crippen LogP contribution in [0.15, 0.2) is 0 Å². The second-order valence-corrected chi connectivity index (χ2v) is 4.18. The Morgan fingerprint density at radius 1 is 1.31 bits per heavy atom. The fourth-order valence-electron chi connectivity index (χ4n) is 2.18. The Balaban J connectivity index is 1.84. The van der Waals surface area contributed by atoms with Crippen LogP contribution in [-0.2, 0) is 0 Å². The van der Waals surface area contributed by atoms with Crippen LogP contribution in [0, 0.1) is 5.41 Å². The van der Waals surface area contributed by atoms with Crippen LogP contribution in [0.25, 0.3) is 0 Å². The molecule has 2 heterocycles. The summed E-state index contributed by atoms with van der Waals surface area (Å²) in [5.74, 6) is 0. The molecular formula is C8H13F3N2. The molecule has 0 aromatic rings. The Morgan fingerprint density at radius 2 is 2.00 bits per heavy atom. The Labute approximate surface area is 75.1 Å². The van der Waals surface area contributed by atoms with Crippen molar-refractivity contribution in [2.45, 2.75) is 12.6 Å². The molecule has 2 saturated heterocycles. The molecule has 0 unspecified atom stereocenters. The van der Waals surface area contributed by atoms with Gasteiger partial charge in [0.15, 0.2) is 0 Å². The second-order valence-electron chi connectivity index (χ2n) is 4.18. The largest absolute Gasteiger partial charge is 0.401 e. The highest BCUT2D eigenvalue weighted by Crippen LogP contribution is 2.35. The maximum atomic E-state index is 12.0. The van der Waals surface area contributed by atoms with Crippen LogP contribution in [-0.4, -0.2) is 43.8 Å². The van der Waals surface area contributed by atoms with Crippen molar-refractivity contribution < 1.29 is 13.2 Å². The van der Waals surface area contributed by atoms with E-state index in [9.17, 15) is 13.2 Å². The van der Waals surface area contributed by atoms with Crippen molar-refractivity contribution in [1.29, 1.82) is 0 Å². The lowest BCUT2D eigenvalue weighted by Crippen LogP contribution is -2.55. The number of rotatable bonds is 1. The first kappa shape index (κ1) is 9.27. The lowest BCUT2D eigenvalue weighted by atomic mass is 9.81. The van der Waals surface area contributed by atoms with E-state index in [1.807, 2.05) is 0 Å². The van der Waals surface area contributed by atoms with Gasteiger partial charge < -0.3 is 5.32 Å². The van der Waals surface area contributed by atoms with Gasteiger partial charge in [-0.15, -0.1) is 0 Å². The summed E-state index contributed by atoms with van der Waals surface area (Å²) >= 11 is 0. The van der Waals surface area contributed by atoms with E-state index in [4.69, 9.17) is 0 Å². The summed E-state index contributed by atoms with van der Waals surface area (Å²) in [6.07, 6.45) is -3.13. The van der Waals surface area contributed by atoms with Crippen LogP contribution in [0.1, 0.15) is 6.42 Å². The summed E-state index contributed by atoms with van der Waals surface area (Å²) in [4.78, 5) is 1.51. The summed E-state index contributed by atoms with van der Waals surface area (Å²) in [6.45, 7) is 2.25. The number of nitrogens with one attached hydrogen (secondary N) is 1. The van der Waals surface area contributed by atoms with Gasteiger partial charge in [-0.05, 0) is 13.0 Å². The van der Waals surface area contributed by atoms with E-state index in [-0.39, 0.29) is 5.41 Å². The topological polar surface area (TPSA) is 15.3 Å². The summed E-state index contributed by atoms with van der Waals surface area (Å²) < 4.78 is 36.1. The third kappa shape index (κ3) is 1.96. The quantitative estimate of drug-likeness (QED) is 0.665. The third-order valence-electron chi connectivity index (χ3n) is 2.92. The minimum absolute atomic E-state index is 0.172. The van der Waals surface area contributed by atoms with Gasteiger partial charge in [-0.3, -0.25) is 4.90 Å². The summed E-state index contributed by atoms with van der Waals surface area (Å²) in [6, 6.07) is 0. The van der Waals surface area contributed by atoms with E-state index in [1.165, 1.54) is 4.90 Å². The van der Waals surface area contributed by atoms with Gasteiger partial charge in [-0.1, -0.05) is 0 Å². The Hall–Kier alpha value is -0.290. The Bertz CT molecular complexity index is 198. The minimum atomic E-state index is -4.04. The van der Waals surface area contributed by atoms with Crippen LogP contribution in [0.2, 0.25) is 0 Å². The summed E-state index contributed by atoms with van der Waals surface area (Å²) in [7, 11) is 0. The number of likely N-dealkylation sites (tertiary alicyclic amines) is 1. The van der Waals surface area contributed by atoms with E-state index in [0.29, 0.717) is 13.1 Å². The number of hydrogen-bond acceptors (Lipinski definition) is 2. The van der Waals surface area contributed by atoms with Crippen LogP contribution in [0.5, 0.6) is 0 Å². The maximum absolute atomic E-state index is 12.0. The number of halogens is 3. The Morgan fingerprint density at radius 3 is 2.38 bits per heavy atom. The minimum Gasteiger partial charge on any atom is -0.315 e. The van der Waals surface area contributed by atoms with Gasteiger partial charge in [0.05, 0.1) is 6.54 Å². The molecule has 0 saturated carbocycles. The standard InChI is InChI=1S/C8H13F3N2/c9-8(10,11)6-13-2-1-7(5-13)3-12-4-7/h12H,1-6H2. The predicted molar refractivity (Wildman–Crippen MR) is 42.4 cm³/mol. The first-order valence-corrected chi connectivity index (χ1v) is 4.49. The van der Waals surface area contributed by atoms with Crippen LogP contribution in [0.4, 0.5) is 13.2 Å². The number of hydrogen-bond donors (Lipinski definition) is 1. The molecular weight excluding hydrogens is 181 g/mol. The van der Waals surface area contributed by atoms with Crippen molar-refractivity contribution >= 4 is 0 Å². The van der Waals surface area contributed by atoms with Gasteiger partial charge in [0, 0.05) is 25.0 Å². The van der Waals surface area contributed by atoms with E-state index in [1.54, 1.807) is 0 Å². The lowest BCUT2D eigenvalue weighted by Gasteiger charge is -2.39. The zero-order valence-electron chi connectivity index (χ0n) is 7.32. The molecule has 2 aliphatic heterocycles. The first-order chi connectivity index (χ1) is 5.99. The zero-order chi connectivity index (χ0) is 9.53. The average Bonchev–Trinajstić information content (AvgIpc) is 2.26. The van der Waals surface area contributed by atoms with Crippen molar-refractivity contribution in [1.82, 2.24) is 10.2 Å². The third-order valence-corrected chi connectivity index (χ3v) is 2.92. The molecule has 0 aromatic carbocycles. The van der Waals surface area contributed by atoms with E-state index >= 15 is 0 Å².